The Bertz CT molecular complexity index is 1370. The van der Waals surface area contributed by atoms with Gasteiger partial charge in [0.25, 0.3) is 5.91 Å². The minimum absolute atomic E-state index is 0.0192. The van der Waals surface area contributed by atoms with Crippen LogP contribution in [0.4, 0.5) is 5.13 Å². The second-order valence-electron chi connectivity index (χ2n) is 7.82. The molecule has 204 valence electrons. The number of anilines is 1. The molecule has 6 N–H and O–H groups in total. The second kappa shape index (κ2) is 11.4. The Hall–Kier alpha value is -3.29. The van der Waals surface area contributed by atoms with Gasteiger partial charge in [0.2, 0.25) is 5.43 Å². The number of nitrogens with zero attached hydrogens (tertiary/aromatic N) is 4. The van der Waals surface area contributed by atoms with E-state index in [0.717, 1.165) is 23.6 Å². The lowest BCUT2D eigenvalue weighted by Gasteiger charge is -2.50. The van der Waals surface area contributed by atoms with Crippen LogP contribution in [0.3, 0.4) is 0 Å². The smallest absolute Gasteiger partial charge is 0.418 e. The SMILES string of the molecule is CC(O/N=C(\C=O)c1nc(N)sc1Cl)c1cc(=O)c(O)cn1O.CNC1C(=O)N(OS(=O)(=O)O)C1(C)C. The summed E-state index contributed by atoms with van der Waals surface area (Å²) in [6.45, 7) is 4.70. The van der Waals surface area contributed by atoms with E-state index in [0.29, 0.717) is 16.1 Å². The molecule has 0 aromatic carbocycles. The molecule has 37 heavy (non-hydrogen) atoms. The third-order valence-corrected chi connectivity index (χ3v) is 6.28. The Kier molecular flexibility index (Phi) is 9.23. The van der Waals surface area contributed by atoms with E-state index < -0.39 is 45.2 Å². The van der Waals surface area contributed by atoms with Crippen molar-refractivity contribution in [3.05, 3.63) is 38.2 Å². The number of amides is 1. The lowest BCUT2D eigenvalue weighted by Crippen LogP contribution is -2.75. The van der Waals surface area contributed by atoms with E-state index >= 15 is 0 Å². The highest BCUT2D eigenvalue weighted by atomic mass is 35.5. The number of aromatic hydroxyl groups is 1. The molecule has 1 amide bonds. The van der Waals surface area contributed by atoms with Crippen LogP contribution in [-0.2, 0) is 29.1 Å². The van der Waals surface area contributed by atoms with Gasteiger partial charge in [-0.05, 0) is 27.8 Å². The average molecular weight is 583 g/mol. The normalized spacial score (nSPS) is 17.9. The Morgan fingerprint density at radius 2 is 2.05 bits per heavy atom. The van der Waals surface area contributed by atoms with Gasteiger partial charge in [-0.25, -0.2) is 4.98 Å². The first-order valence-corrected chi connectivity index (χ1v) is 12.5. The molecule has 1 aliphatic heterocycles. The molecular formula is C18H23ClN6O10S2. The molecule has 0 bridgehead atoms. The van der Waals surface area contributed by atoms with Gasteiger partial charge < -0.3 is 26.2 Å². The quantitative estimate of drug-likeness (QED) is 0.0693. The number of hydrogen-bond donors (Lipinski definition) is 5. The first kappa shape index (κ1) is 29.9. The molecule has 0 radical (unpaired) electrons. The van der Waals surface area contributed by atoms with Crippen molar-refractivity contribution in [2.45, 2.75) is 38.5 Å². The van der Waals surface area contributed by atoms with Crippen LogP contribution in [0, 0.1) is 0 Å². The van der Waals surface area contributed by atoms with Crippen molar-refractivity contribution in [1.82, 2.24) is 20.1 Å². The van der Waals surface area contributed by atoms with Crippen molar-refractivity contribution in [3.63, 3.8) is 0 Å². The van der Waals surface area contributed by atoms with E-state index in [1.807, 2.05) is 0 Å². The van der Waals surface area contributed by atoms with E-state index in [1.165, 1.54) is 6.92 Å². The van der Waals surface area contributed by atoms with Crippen LogP contribution >= 0.6 is 22.9 Å². The van der Waals surface area contributed by atoms with E-state index in [2.05, 4.69) is 19.7 Å². The number of carbonyl (C=O) groups excluding carboxylic acids is 2. The maximum Gasteiger partial charge on any atom is 0.418 e. The van der Waals surface area contributed by atoms with Crippen molar-refractivity contribution >= 4 is 56.4 Å². The number of hydroxylamine groups is 2. The van der Waals surface area contributed by atoms with Crippen LogP contribution in [0.15, 0.2) is 22.2 Å². The third-order valence-electron chi connectivity index (χ3n) is 4.86. The van der Waals surface area contributed by atoms with Crippen LogP contribution in [0.5, 0.6) is 5.75 Å². The maximum absolute atomic E-state index is 11.4. The van der Waals surface area contributed by atoms with Crippen LogP contribution in [-0.4, -0.2) is 74.6 Å². The highest BCUT2D eigenvalue weighted by Gasteiger charge is 2.56. The number of β-lactam (4-membered cyclic amide) rings is 1. The van der Waals surface area contributed by atoms with E-state index in [1.54, 1.807) is 20.9 Å². The number of nitrogens with one attached hydrogen (secondary N) is 1. The van der Waals surface area contributed by atoms with Gasteiger partial charge in [0.1, 0.15) is 21.8 Å². The zero-order chi connectivity index (χ0) is 28.3. The highest BCUT2D eigenvalue weighted by molar-refractivity contribution is 7.80. The Balaban J connectivity index is 0.000000294. The monoisotopic (exact) mass is 582 g/mol. The summed E-state index contributed by atoms with van der Waals surface area (Å²) < 4.78 is 34.0. The molecule has 1 aliphatic rings. The summed E-state index contributed by atoms with van der Waals surface area (Å²) >= 11 is 6.86. The number of halogens is 1. The highest BCUT2D eigenvalue weighted by Crippen LogP contribution is 2.32. The first-order chi connectivity index (χ1) is 17.0. The molecule has 1 saturated heterocycles. The summed E-state index contributed by atoms with van der Waals surface area (Å²) in [5.41, 5.74) is 3.88. The van der Waals surface area contributed by atoms with Gasteiger partial charge in [-0.1, -0.05) is 28.1 Å². The van der Waals surface area contributed by atoms with Crippen molar-refractivity contribution in [2.75, 3.05) is 12.8 Å². The van der Waals surface area contributed by atoms with Gasteiger partial charge >= 0.3 is 10.4 Å². The average Bonchev–Trinajstić information content (AvgIpc) is 3.12. The largest absolute Gasteiger partial charge is 0.503 e. The number of rotatable bonds is 8. The number of aromatic nitrogens is 2. The van der Waals surface area contributed by atoms with Gasteiger partial charge in [0.05, 0.1) is 11.7 Å². The predicted octanol–water partition coefficient (Wildman–Crippen LogP) is 0.0937. The molecule has 19 heteroatoms. The number of thiazole rings is 1. The summed E-state index contributed by atoms with van der Waals surface area (Å²) in [7, 11) is -3.06. The molecule has 2 aromatic heterocycles. The number of likely N-dealkylation sites (N-methyl/N-ethyl adjacent to an activating group) is 1. The number of nitrogen functional groups attached to an aromatic ring is 1. The van der Waals surface area contributed by atoms with Crippen molar-refractivity contribution < 1.29 is 42.0 Å². The Labute approximate surface area is 218 Å². The van der Waals surface area contributed by atoms with E-state index in [-0.39, 0.29) is 26.6 Å². The third kappa shape index (κ3) is 6.93. The number of pyridine rings is 1. The van der Waals surface area contributed by atoms with Crippen molar-refractivity contribution in [2.24, 2.45) is 5.16 Å². The van der Waals surface area contributed by atoms with Crippen LogP contribution in [0.2, 0.25) is 4.34 Å². The zero-order valence-electron chi connectivity index (χ0n) is 19.6. The predicted molar refractivity (Wildman–Crippen MR) is 130 cm³/mol. The number of hydrogen-bond acceptors (Lipinski definition) is 14. The van der Waals surface area contributed by atoms with Gasteiger partial charge in [-0.3, -0.25) is 18.9 Å². The van der Waals surface area contributed by atoms with Gasteiger partial charge in [-0.2, -0.15) is 18.2 Å². The lowest BCUT2D eigenvalue weighted by atomic mass is 9.85. The second-order valence-corrected chi connectivity index (χ2v) is 10.5. The minimum atomic E-state index is -4.64. The van der Waals surface area contributed by atoms with Crippen LogP contribution in [0.25, 0.3) is 0 Å². The fraction of sp³-hybridized carbons (Fsp3) is 0.389. The number of oxime groups is 1. The van der Waals surface area contributed by atoms with Crippen molar-refractivity contribution in [1.29, 1.82) is 0 Å². The minimum Gasteiger partial charge on any atom is -0.503 e. The van der Waals surface area contributed by atoms with Crippen LogP contribution in [0.1, 0.15) is 38.3 Å². The van der Waals surface area contributed by atoms with Gasteiger partial charge in [0, 0.05) is 6.07 Å². The fourth-order valence-corrected chi connectivity index (χ4v) is 4.47. The fourth-order valence-electron chi connectivity index (χ4n) is 3.08. The van der Waals surface area contributed by atoms with Crippen LogP contribution < -0.4 is 16.5 Å². The Morgan fingerprint density at radius 1 is 1.43 bits per heavy atom. The van der Waals surface area contributed by atoms with Gasteiger partial charge in [0.15, 0.2) is 29.0 Å². The zero-order valence-corrected chi connectivity index (χ0v) is 22.0. The molecule has 0 saturated carbocycles. The van der Waals surface area contributed by atoms with Gasteiger partial charge in [-0.15, -0.1) is 4.28 Å². The molecule has 2 atom stereocenters. The molecule has 2 unspecified atom stereocenters. The summed E-state index contributed by atoms with van der Waals surface area (Å²) in [6, 6.07) is 0.466. The molecule has 2 aromatic rings. The molecule has 3 rings (SSSR count). The summed E-state index contributed by atoms with van der Waals surface area (Å²) in [5, 5.41) is 26.0. The molecule has 0 aliphatic carbocycles. The Morgan fingerprint density at radius 3 is 2.51 bits per heavy atom. The van der Waals surface area contributed by atoms with E-state index in [4.69, 9.17) is 26.7 Å². The molecule has 16 nitrogen and oxygen atoms in total. The van der Waals surface area contributed by atoms with E-state index in [9.17, 15) is 33.1 Å². The lowest BCUT2D eigenvalue weighted by molar-refractivity contribution is -0.218. The molecule has 0 spiro atoms. The first-order valence-electron chi connectivity index (χ1n) is 9.97. The molecule has 1 fully saturated rings. The van der Waals surface area contributed by atoms with Crippen molar-refractivity contribution in [3.8, 4) is 5.75 Å². The summed E-state index contributed by atoms with van der Waals surface area (Å²) in [4.78, 5) is 42.7. The summed E-state index contributed by atoms with van der Waals surface area (Å²) in [6.07, 6.45) is 0.300. The molecular weight excluding hydrogens is 560 g/mol. The maximum atomic E-state index is 11.4. The number of aldehydes is 1. The standard InChI is InChI=1S/C12H11ClN4O5S.C6H12N2O5S/c1-5(7-2-8(19)9(20)3-17(7)21)22-16-6(4-18)10-11(13)23-12(14)15-10;1-6(2)4(7-3)5(9)8(6)13-14(10,11)12/h2-5,20-21H,1H3,(H2,14,15);4,7H,1-3H3,(H,10,11,12)/b16-6+;. The molecule has 3 heterocycles. The summed E-state index contributed by atoms with van der Waals surface area (Å²) in [5.74, 6) is -1.15. The number of carbonyl (C=O) groups is 2. The topological polar surface area (TPSA) is 236 Å². The number of nitrogens with two attached hydrogens (primary N) is 1.